The molecule has 186 valence electrons. The fourth-order valence-electron chi connectivity index (χ4n) is 3.97. The van der Waals surface area contributed by atoms with Crippen LogP contribution in [-0.4, -0.2) is 33.8 Å². The van der Waals surface area contributed by atoms with Gasteiger partial charge in [-0.1, -0.05) is 30.2 Å². The van der Waals surface area contributed by atoms with Crippen LogP contribution < -0.4 is 10.6 Å². The van der Waals surface area contributed by atoms with Gasteiger partial charge in [0.1, 0.15) is 5.82 Å². The Hall–Kier alpha value is -3.11. The monoisotopic (exact) mass is 509 g/mol. The molecule has 0 spiro atoms. The molecular weight excluding hydrogens is 486 g/mol. The van der Waals surface area contributed by atoms with Crippen molar-refractivity contribution < 1.29 is 22.4 Å². The number of nitrogens with zero attached hydrogens (tertiary/aromatic N) is 3. The maximum atomic E-state index is 14.6. The van der Waals surface area contributed by atoms with Crippen molar-refractivity contribution >= 4 is 23.3 Å². The average molecular weight is 510 g/mol. The first kappa shape index (κ1) is 25.0. The first-order chi connectivity index (χ1) is 16.7. The zero-order chi connectivity index (χ0) is 25.0. The predicted octanol–water partition coefficient (Wildman–Crippen LogP) is 5.99. The second kappa shape index (κ2) is 10.7. The van der Waals surface area contributed by atoms with E-state index in [0.29, 0.717) is 22.8 Å². The maximum Gasteiger partial charge on any atom is 0.435 e. The number of anilines is 1. The molecule has 4 rings (SSSR count). The van der Waals surface area contributed by atoms with Crippen LogP contribution in [0.3, 0.4) is 0 Å². The molecule has 2 amide bonds. The average Bonchev–Trinajstić information content (AvgIpc) is 3.25. The fourth-order valence-corrected chi connectivity index (χ4v) is 4.16. The molecule has 2 N–H and O–H groups in total. The van der Waals surface area contributed by atoms with E-state index in [9.17, 15) is 22.4 Å². The van der Waals surface area contributed by atoms with Crippen LogP contribution in [0.25, 0.3) is 5.69 Å². The summed E-state index contributed by atoms with van der Waals surface area (Å²) in [6.45, 7) is 2.12. The normalized spacial score (nSPS) is 14.7. The minimum Gasteiger partial charge on any atom is -0.332 e. The van der Waals surface area contributed by atoms with E-state index in [-0.39, 0.29) is 17.9 Å². The van der Waals surface area contributed by atoms with Crippen LogP contribution in [0.2, 0.25) is 5.02 Å². The zero-order valence-electron chi connectivity index (χ0n) is 18.7. The lowest BCUT2D eigenvalue weighted by Crippen LogP contribution is -2.30. The van der Waals surface area contributed by atoms with Crippen LogP contribution >= 0.6 is 11.6 Å². The minimum atomic E-state index is -4.66. The van der Waals surface area contributed by atoms with Crippen molar-refractivity contribution in [2.45, 2.75) is 38.5 Å². The number of likely N-dealkylation sites (tertiary alicyclic amines) is 1. The molecule has 2 heterocycles. The van der Waals surface area contributed by atoms with E-state index in [2.05, 4.69) is 20.6 Å². The number of piperidine rings is 1. The highest BCUT2D eigenvalue weighted by Gasteiger charge is 2.35. The molecule has 0 saturated carbocycles. The first-order valence-corrected chi connectivity index (χ1v) is 11.5. The summed E-state index contributed by atoms with van der Waals surface area (Å²) < 4.78 is 55.4. The number of hydrogen-bond donors (Lipinski definition) is 2. The third-order valence-corrected chi connectivity index (χ3v) is 5.95. The quantitative estimate of drug-likeness (QED) is 0.401. The van der Waals surface area contributed by atoms with Gasteiger partial charge in [-0.3, -0.25) is 4.90 Å². The molecule has 0 bridgehead atoms. The van der Waals surface area contributed by atoms with E-state index < -0.39 is 23.7 Å². The van der Waals surface area contributed by atoms with Gasteiger partial charge in [0.2, 0.25) is 0 Å². The smallest absolute Gasteiger partial charge is 0.332 e. The number of nitrogens with one attached hydrogen (secondary N) is 2. The molecule has 0 unspecified atom stereocenters. The number of benzene rings is 2. The lowest BCUT2D eigenvalue weighted by atomic mass is 10.1. The largest absolute Gasteiger partial charge is 0.435 e. The number of alkyl halides is 3. The summed E-state index contributed by atoms with van der Waals surface area (Å²) in [4.78, 5) is 14.6. The van der Waals surface area contributed by atoms with Crippen LogP contribution in [-0.2, 0) is 19.3 Å². The SMILES string of the molecule is O=C(NCc1cc(C(F)(F)F)nn1-c1cccc(Cl)c1)Nc1ccc(CN2CCCCC2)c(F)c1. The van der Waals surface area contributed by atoms with Gasteiger partial charge in [-0.15, -0.1) is 0 Å². The van der Waals surface area contributed by atoms with Gasteiger partial charge in [-0.05, 0) is 62.3 Å². The molecule has 1 fully saturated rings. The van der Waals surface area contributed by atoms with Gasteiger partial charge < -0.3 is 10.6 Å². The van der Waals surface area contributed by atoms with Gasteiger partial charge in [-0.2, -0.15) is 18.3 Å². The molecule has 35 heavy (non-hydrogen) atoms. The number of carbonyl (C=O) groups excluding carboxylic acids is 1. The minimum absolute atomic E-state index is 0.0952. The number of halogens is 5. The van der Waals surface area contributed by atoms with E-state index >= 15 is 0 Å². The highest BCUT2D eigenvalue weighted by molar-refractivity contribution is 6.30. The van der Waals surface area contributed by atoms with Crippen LogP contribution in [0.5, 0.6) is 0 Å². The lowest BCUT2D eigenvalue weighted by molar-refractivity contribution is -0.141. The Labute approximate surface area is 204 Å². The second-order valence-corrected chi connectivity index (χ2v) is 8.80. The summed E-state index contributed by atoms with van der Waals surface area (Å²) in [5, 5.41) is 8.97. The number of rotatable bonds is 6. The Balaban J connectivity index is 1.42. The molecule has 1 saturated heterocycles. The Bertz CT molecular complexity index is 1190. The Kier molecular flexibility index (Phi) is 7.61. The van der Waals surface area contributed by atoms with E-state index in [4.69, 9.17) is 11.6 Å². The Morgan fingerprint density at radius 1 is 1.06 bits per heavy atom. The van der Waals surface area contributed by atoms with Crippen molar-refractivity contribution in [3.8, 4) is 5.69 Å². The maximum absolute atomic E-state index is 14.6. The number of hydrogen-bond acceptors (Lipinski definition) is 3. The molecule has 0 atom stereocenters. The third-order valence-electron chi connectivity index (χ3n) is 5.71. The van der Waals surface area contributed by atoms with E-state index in [1.807, 2.05) is 0 Å². The van der Waals surface area contributed by atoms with Crippen LogP contribution in [0.15, 0.2) is 48.5 Å². The zero-order valence-corrected chi connectivity index (χ0v) is 19.5. The molecule has 0 aliphatic carbocycles. The molecule has 1 aliphatic rings. The number of aromatic nitrogens is 2. The summed E-state index contributed by atoms with van der Waals surface area (Å²) in [5.74, 6) is -0.428. The molecule has 1 aromatic heterocycles. The van der Waals surface area contributed by atoms with Crippen molar-refractivity contribution in [2.24, 2.45) is 0 Å². The predicted molar refractivity (Wildman–Crippen MR) is 125 cm³/mol. The summed E-state index contributed by atoms with van der Waals surface area (Å²) in [6.07, 6.45) is -1.27. The van der Waals surface area contributed by atoms with Gasteiger partial charge in [-0.25, -0.2) is 13.9 Å². The van der Waals surface area contributed by atoms with Gasteiger partial charge in [0.25, 0.3) is 0 Å². The summed E-state index contributed by atoms with van der Waals surface area (Å²) in [6, 6.07) is 10.8. The van der Waals surface area contributed by atoms with E-state index in [1.54, 1.807) is 30.3 Å². The van der Waals surface area contributed by atoms with Crippen LogP contribution in [0.4, 0.5) is 28.0 Å². The van der Waals surface area contributed by atoms with Crippen molar-refractivity contribution in [3.63, 3.8) is 0 Å². The number of amides is 2. The number of urea groups is 1. The van der Waals surface area contributed by atoms with Gasteiger partial charge >= 0.3 is 12.2 Å². The molecule has 1 aliphatic heterocycles. The molecule has 3 aromatic rings. The van der Waals surface area contributed by atoms with Crippen LogP contribution in [0, 0.1) is 5.82 Å². The summed E-state index contributed by atoms with van der Waals surface area (Å²) in [7, 11) is 0. The third kappa shape index (κ3) is 6.52. The van der Waals surface area contributed by atoms with Crippen molar-refractivity contribution in [2.75, 3.05) is 18.4 Å². The molecule has 2 aromatic carbocycles. The van der Waals surface area contributed by atoms with E-state index in [0.717, 1.165) is 36.7 Å². The molecular formula is C24H24ClF4N5O. The lowest BCUT2D eigenvalue weighted by Gasteiger charge is -2.26. The van der Waals surface area contributed by atoms with Crippen molar-refractivity contribution in [3.05, 3.63) is 76.3 Å². The van der Waals surface area contributed by atoms with E-state index in [1.165, 1.54) is 18.6 Å². The molecule has 0 radical (unpaired) electrons. The Morgan fingerprint density at radius 2 is 1.83 bits per heavy atom. The second-order valence-electron chi connectivity index (χ2n) is 8.36. The van der Waals surface area contributed by atoms with Gasteiger partial charge in [0.15, 0.2) is 5.69 Å². The van der Waals surface area contributed by atoms with Crippen molar-refractivity contribution in [1.29, 1.82) is 0 Å². The summed E-state index contributed by atoms with van der Waals surface area (Å²) in [5.41, 5.74) is 0.0973. The molecule has 6 nitrogen and oxygen atoms in total. The molecule has 11 heteroatoms. The summed E-state index contributed by atoms with van der Waals surface area (Å²) >= 11 is 5.96. The number of carbonyl (C=O) groups is 1. The Morgan fingerprint density at radius 3 is 2.51 bits per heavy atom. The van der Waals surface area contributed by atoms with Gasteiger partial charge in [0, 0.05) is 22.8 Å². The van der Waals surface area contributed by atoms with Crippen molar-refractivity contribution in [1.82, 2.24) is 20.0 Å². The fraction of sp³-hybridized carbons (Fsp3) is 0.333. The standard InChI is InChI=1S/C24H24ClF4N5O/c25-17-5-4-6-19(11-17)34-20(13-22(32-34)24(27,28)29)14-30-23(35)31-18-8-7-16(21(26)12-18)15-33-9-2-1-3-10-33/h4-8,11-13H,1-3,9-10,14-15H2,(H2,30,31,35). The highest BCUT2D eigenvalue weighted by Crippen LogP contribution is 2.30. The topological polar surface area (TPSA) is 62.2 Å². The van der Waals surface area contributed by atoms with Crippen LogP contribution in [0.1, 0.15) is 36.2 Å². The highest BCUT2D eigenvalue weighted by atomic mass is 35.5. The first-order valence-electron chi connectivity index (χ1n) is 11.2. The van der Waals surface area contributed by atoms with Gasteiger partial charge in [0.05, 0.1) is 17.9 Å².